The zero-order valence-corrected chi connectivity index (χ0v) is 12.9. The Morgan fingerprint density at radius 2 is 2.00 bits per heavy atom. The Morgan fingerprint density at radius 3 is 2.65 bits per heavy atom. The van der Waals surface area contributed by atoms with Crippen LogP contribution in [0.25, 0.3) is 0 Å². The van der Waals surface area contributed by atoms with Crippen LogP contribution < -0.4 is 5.32 Å². The van der Waals surface area contributed by atoms with Crippen LogP contribution in [0.1, 0.15) is 18.4 Å². The first kappa shape index (κ1) is 15.0. The standard InChI is InChI=1S/C15H23N3OS/c1-16-15(18-10-5-6-11-18)17-9-12-20(19)13-14-7-3-2-4-8-14/h2-4,7-8H,5-6,9-13H2,1H3,(H,16,17). The highest BCUT2D eigenvalue weighted by Crippen LogP contribution is 2.07. The Balaban J connectivity index is 1.70. The molecule has 0 aromatic heterocycles. The third-order valence-electron chi connectivity index (χ3n) is 3.40. The summed E-state index contributed by atoms with van der Waals surface area (Å²) in [6, 6.07) is 10.00. The van der Waals surface area contributed by atoms with Crippen LogP contribution in [0, 0.1) is 0 Å². The van der Waals surface area contributed by atoms with E-state index in [0.717, 1.165) is 24.6 Å². The summed E-state index contributed by atoms with van der Waals surface area (Å²) in [5.41, 5.74) is 1.13. The summed E-state index contributed by atoms with van der Waals surface area (Å²) in [6.07, 6.45) is 2.47. The van der Waals surface area contributed by atoms with E-state index in [4.69, 9.17) is 0 Å². The lowest BCUT2D eigenvalue weighted by Crippen LogP contribution is -2.41. The summed E-state index contributed by atoms with van der Waals surface area (Å²) in [5, 5.41) is 3.31. The second kappa shape index (κ2) is 8.04. The number of aliphatic imine (C=N–C) groups is 1. The Labute approximate surface area is 123 Å². The highest BCUT2D eigenvalue weighted by Gasteiger charge is 2.15. The summed E-state index contributed by atoms with van der Waals surface area (Å²) < 4.78 is 12.0. The molecule has 1 fully saturated rings. The second-order valence-electron chi connectivity index (χ2n) is 4.94. The Bertz CT molecular complexity index is 455. The van der Waals surface area contributed by atoms with Gasteiger partial charge in [0.1, 0.15) is 0 Å². The molecule has 0 saturated carbocycles. The predicted octanol–water partition coefficient (Wildman–Crippen LogP) is 1.61. The van der Waals surface area contributed by atoms with E-state index in [-0.39, 0.29) is 0 Å². The zero-order chi connectivity index (χ0) is 14.2. The zero-order valence-electron chi connectivity index (χ0n) is 12.0. The van der Waals surface area contributed by atoms with Crippen LogP contribution in [-0.4, -0.2) is 47.5 Å². The van der Waals surface area contributed by atoms with Gasteiger partial charge in [0.05, 0.1) is 0 Å². The van der Waals surface area contributed by atoms with Gasteiger partial charge in [-0.1, -0.05) is 30.3 Å². The average Bonchev–Trinajstić information content (AvgIpc) is 2.99. The predicted molar refractivity (Wildman–Crippen MR) is 85.3 cm³/mol. The lowest BCUT2D eigenvalue weighted by Gasteiger charge is -2.20. The normalized spacial score (nSPS) is 17.2. The number of nitrogens with zero attached hydrogens (tertiary/aromatic N) is 2. The molecule has 1 atom stereocenters. The van der Waals surface area contributed by atoms with E-state index >= 15 is 0 Å². The minimum Gasteiger partial charge on any atom is -0.355 e. The molecular formula is C15H23N3OS. The van der Waals surface area contributed by atoms with E-state index in [1.807, 2.05) is 37.4 Å². The molecule has 1 saturated heterocycles. The van der Waals surface area contributed by atoms with Gasteiger partial charge in [-0.3, -0.25) is 9.20 Å². The van der Waals surface area contributed by atoms with E-state index in [0.29, 0.717) is 18.1 Å². The van der Waals surface area contributed by atoms with Gasteiger partial charge in [-0.2, -0.15) is 0 Å². The molecule has 1 aliphatic rings. The van der Waals surface area contributed by atoms with Gasteiger partial charge in [0.25, 0.3) is 0 Å². The molecule has 4 nitrogen and oxygen atoms in total. The number of hydrogen-bond acceptors (Lipinski definition) is 2. The van der Waals surface area contributed by atoms with E-state index < -0.39 is 10.8 Å². The van der Waals surface area contributed by atoms with E-state index in [2.05, 4.69) is 15.2 Å². The van der Waals surface area contributed by atoms with Crippen molar-refractivity contribution in [3.63, 3.8) is 0 Å². The highest BCUT2D eigenvalue weighted by molar-refractivity contribution is 7.84. The maximum Gasteiger partial charge on any atom is 0.193 e. The van der Waals surface area contributed by atoms with Gasteiger partial charge in [0.2, 0.25) is 0 Å². The van der Waals surface area contributed by atoms with E-state index in [9.17, 15) is 4.21 Å². The molecule has 1 aliphatic heterocycles. The van der Waals surface area contributed by atoms with Gasteiger partial charge in [-0.25, -0.2) is 0 Å². The van der Waals surface area contributed by atoms with Crippen LogP contribution in [0.2, 0.25) is 0 Å². The quantitative estimate of drug-likeness (QED) is 0.662. The van der Waals surface area contributed by atoms with Gasteiger partial charge < -0.3 is 10.2 Å². The molecule has 20 heavy (non-hydrogen) atoms. The van der Waals surface area contributed by atoms with Crippen molar-refractivity contribution in [3.05, 3.63) is 35.9 Å². The number of benzene rings is 1. The van der Waals surface area contributed by atoms with Crippen LogP contribution in [0.15, 0.2) is 35.3 Å². The highest BCUT2D eigenvalue weighted by atomic mass is 32.2. The van der Waals surface area contributed by atoms with Crippen molar-refractivity contribution >= 4 is 16.8 Å². The van der Waals surface area contributed by atoms with Crippen LogP contribution in [-0.2, 0) is 16.6 Å². The van der Waals surface area contributed by atoms with Gasteiger partial charge in [-0.15, -0.1) is 0 Å². The average molecular weight is 293 g/mol. The lowest BCUT2D eigenvalue weighted by molar-refractivity contribution is 0.496. The molecule has 0 aliphatic carbocycles. The van der Waals surface area contributed by atoms with Crippen molar-refractivity contribution in [3.8, 4) is 0 Å². The smallest absolute Gasteiger partial charge is 0.193 e. The van der Waals surface area contributed by atoms with Crippen molar-refractivity contribution in [1.82, 2.24) is 10.2 Å². The molecule has 2 rings (SSSR count). The van der Waals surface area contributed by atoms with Crippen molar-refractivity contribution < 1.29 is 4.21 Å². The van der Waals surface area contributed by atoms with Crippen LogP contribution in [0.4, 0.5) is 0 Å². The summed E-state index contributed by atoms with van der Waals surface area (Å²) in [7, 11) is 0.980. The lowest BCUT2D eigenvalue weighted by atomic mass is 10.2. The molecule has 0 amide bonds. The van der Waals surface area contributed by atoms with Gasteiger partial charge >= 0.3 is 0 Å². The Kier molecular flexibility index (Phi) is 6.05. The van der Waals surface area contributed by atoms with Crippen molar-refractivity contribution in [2.45, 2.75) is 18.6 Å². The van der Waals surface area contributed by atoms with Gasteiger partial charge in [0.15, 0.2) is 5.96 Å². The maximum atomic E-state index is 12.0. The summed E-state index contributed by atoms with van der Waals surface area (Å²) >= 11 is 0. The fourth-order valence-electron chi connectivity index (χ4n) is 2.37. The monoisotopic (exact) mass is 293 g/mol. The molecule has 0 spiro atoms. The minimum atomic E-state index is -0.827. The first-order valence-electron chi connectivity index (χ1n) is 7.14. The van der Waals surface area contributed by atoms with E-state index in [1.54, 1.807) is 0 Å². The molecule has 1 unspecified atom stereocenters. The fraction of sp³-hybridized carbons (Fsp3) is 0.533. The molecule has 5 heteroatoms. The number of rotatable bonds is 5. The van der Waals surface area contributed by atoms with Crippen molar-refractivity contribution in [2.75, 3.05) is 32.4 Å². The molecule has 0 radical (unpaired) electrons. The SMILES string of the molecule is CN=C(NCCS(=O)Cc1ccccc1)N1CCCC1. The topological polar surface area (TPSA) is 44.7 Å². The van der Waals surface area contributed by atoms with Crippen LogP contribution in [0.3, 0.4) is 0 Å². The first-order chi connectivity index (χ1) is 9.79. The van der Waals surface area contributed by atoms with Crippen LogP contribution >= 0.6 is 0 Å². The van der Waals surface area contributed by atoms with Crippen molar-refractivity contribution in [1.29, 1.82) is 0 Å². The summed E-state index contributed by atoms with van der Waals surface area (Å²) in [4.78, 5) is 6.55. The third-order valence-corrected chi connectivity index (χ3v) is 4.72. The second-order valence-corrected chi connectivity index (χ2v) is 6.52. The molecule has 1 aromatic rings. The third kappa shape index (κ3) is 4.63. The molecular weight excluding hydrogens is 270 g/mol. The Morgan fingerprint density at radius 1 is 1.30 bits per heavy atom. The summed E-state index contributed by atoms with van der Waals surface area (Å²) in [6.45, 7) is 2.86. The maximum absolute atomic E-state index is 12.0. The molecule has 110 valence electrons. The molecule has 0 bridgehead atoms. The van der Waals surface area contributed by atoms with Crippen molar-refractivity contribution in [2.24, 2.45) is 4.99 Å². The number of guanidine groups is 1. The van der Waals surface area contributed by atoms with E-state index in [1.165, 1.54) is 12.8 Å². The number of likely N-dealkylation sites (tertiary alicyclic amines) is 1. The minimum absolute atomic E-state index is 0.630. The van der Waals surface area contributed by atoms with Gasteiger partial charge in [-0.05, 0) is 18.4 Å². The molecule has 1 aromatic carbocycles. The number of nitrogens with one attached hydrogen (secondary N) is 1. The van der Waals surface area contributed by atoms with Crippen LogP contribution in [0.5, 0.6) is 0 Å². The largest absolute Gasteiger partial charge is 0.355 e. The Hall–Kier alpha value is -1.36. The fourth-order valence-corrected chi connectivity index (χ4v) is 3.41. The first-order valence-corrected chi connectivity index (χ1v) is 8.63. The van der Waals surface area contributed by atoms with Gasteiger partial charge in [0, 0.05) is 49.0 Å². The number of hydrogen-bond donors (Lipinski definition) is 1. The molecule has 1 N–H and O–H groups in total. The summed E-state index contributed by atoms with van der Waals surface area (Å²) in [5.74, 6) is 2.23. The molecule has 1 heterocycles.